The van der Waals surface area contributed by atoms with Crippen molar-refractivity contribution in [3.63, 3.8) is 0 Å². The molecule has 1 aromatic heterocycles. The van der Waals surface area contributed by atoms with Gasteiger partial charge in [0.2, 0.25) is 5.91 Å². The number of para-hydroxylation sites is 1. The van der Waals surface area contributed by atoms with Crippen molar-refractivity contribution in [2.45, 2.75) is 12.2 Å². The maximum Gasteiger partial charge on any atom is 0.418 e. The fourth-order valence-corrected chi connectivity index (χ4v) is 3.31. The van der Waals surface area contributed by atoms with Gasteiger partial charge in [0.1, 0.15) is 0 Å². The van der Waals surface area contributed by atoms with Crippen molar-refractivity contribution < 1.29 is 18.0 Å². The molecule has 1 aliphatic heterocycles. The Morgan fingerprint density at radius 3 is 2.85 bits per heavy atom. The Bertz CT molecular complexity index is 801. The summed E-state index contributed by atoms with van der Waals surface area (Å²) < 4.78 is 39.6. The molecule has 1 aromatic carbocycles. The van der Waals surface area contributed by atoms with Crippen LogP contribution in [-0.4, -0.2) is 42.0 Å². The molecule has 0 saturated carbocycles. The lowest BCUT2D eigenvalue weighted by atomic mass is 10.1. The van der Waals surface area contributed by atoms with Crippen LogP contribution in [0.3, 0.4) is 0 Å². The molecular formula is C18H18ClF3N4O. The molecule has 1 atom stereocenters. The van der Waals surface area contributed by atoms with Crippen LogP contribution in [0.15, 0.2) is 42.7 Å². The zero-order valence-corrected chi connectivity index (χ0v) is 15.0. The number of benzene rings is 1. The standard InChI is InChI=1S/C18H18ClF3N4O/c19-14-5-1-4-13(18(20,21)22)17(14)25-16(27)11-26-8-7-24-10-15(26)12-3-2-6-23-9-12/h1-6,9,15,24H,7-8,10-11H2,(H,25,27). The van der Waals surface area contributed by atoms with E-state index in [9.17, 15) is 18.0 Å². The van der Waals surface area contributed by atoms with Gasteiger partial charge < -0.3 is 10.6 Å². The summed E-state index contributed by atoms with van der Waals surface area (Å²) in [6.07, 6.45) is -1.23. The summed E-state index contributed by atoms with van der Waals surface area (Å²) in [6, 6.07) is 7.04. The molecule has 2 aromatic rings. The highest BCUT2D eigenvalue weighted by Gasteiger charge is 2.35. The van der Waals surface area contributed by atoms with Crippen LogP contribution in [0.25, 0.3) is 0 Å². The maximum absolute atomic E-state index is 13.2. The number of anilines is 1. The second-order valence-corrected chi connectivity index (χ2v) is 6.59. The molecule has 27 heavy (non-hydrogen) atoms. The summed E-state index contributed by atoms with van der Waals surface area (Å²) in [5.74, 6) is -0.551. The highest BCUT2D eigenvalue weighted by atomic mass is 35.5. The Morgan fingerprint density at radius 2 is 2.15 bits per heavy atom. The van der Waals surface area contributed by atoms with Crippen LogP contribution >= 0.6 is 11.6 Å². The first-order valence-corrected chi connectivity index (χ1v) is 8.74. The first kappa shape index (κ1) is 19.6. The molecule has 0 aliphatic carbocycles. The van der Waals surface area contributed by atoms with Crippen molar-refractivity contribution in [2.75, 3.05) is 31.5 Å². The zero-order valence-electron chi connectivity index (χ0n) is 14.3. The molecule has 0 spiro atoms. The lowest BCUT2D eigenvalue weighted by Crippen LogP contribution is -2.48. The molecule has 1 amide bonds. The van der Waals surface area contributed by atoms with Gasteiger partial charge in [-0.1, -0.05) is 23.7 Å². The summed E-state index contributed by atoms with van der Waals surface area (Å²) in [5.41, 5.74) is -0.441. The number of nitrogens with zero attached hydrogens (tertiary/aromatic N) is 2. The van der Waals surface area contributed by atoms with E-state index >= 15 is 0 Å². The third-order valence-corrected chi connectivity index (χ3v) is 4.67. The molecule has 1 saturated heterocycles. The molecule has 2 heterocycles. The number of carbonyl (C=O) groups is 1. The number of pyridine rings is 1. The molecule has 1 unspecified atom stereocenters. The van der Waals surface area contributed by atoms with E-state index in [2.05, 4.69) is 15.6 Å². The van der Waals surface area contributed by atoms with E-state index in [1.807, 2.05) is 17.0 Å². The van der Waals surface area contributed by atoms with Gasteiger partial charge in [0.15, 0.2) is 0 Å². The first-order chi connectivity index (χ1) is 12.9. The van der Waals surface area contributed by atoms with Crippen LogP contribution in [0.1, 0.15) is 17.2 Å². The zero-order chi connectivity index (χ0) is 19.4. The first-order valence-electron chi connectivity index (χ1n) is 8.36. The van der Waals surface area contributed by atoms with Crippen molar-refractivity contribution in [1.29, 1.82) is 0 Å². The van der Waals surface area contributed by atoms with E-state index in [0.717, 1.165) is 11.6 Å². The number of halogens is 4. The van der Waals surface area contributed by atoms with Gasteiger partial charge >= 0.3 is 6.18 Å². The maximum atomic E-state index is 13.2. The Labute approximate surface area is 159 Å². The van der Waals surface area contributed by atoms with E-state index in [1.165, 1.54) is 12.1 Å². The molecule has 1 fully saturated rings. The second kappa shape index (κ2) is 8.24. The number of carbonyl (C=O) groups excluding carboxylic acids is 1. The molecular weight excluding hydrogens is 381 g/mol. The van der Waals surface area contributed by atoms with Crippen LogP contribution in [0, 0.1) is 0 Å². The SMILES string of the molecule is O=C(CN1CCNCC1c1cccnc1)Nc1c(Cl)cccc1C(F)(F)F. The van der Waals surface area contributed by atoms with Gasteiger partial charge in [-0.15, -0.1) is 0 Å². The minimum atomic E-state index is -4.61. The Hall–Kier alpha value is -2.16. The molecule has 3 rings (SSSR count). The molecule has 0 radical (unpaired) electrons. The highest BCUT2D eigenvalue weighted by Crippen LogP contribution is 2.38. The van der Waals surface area contributed by atoms with E-state index in [-0.39, 0.29) is 17.6 Å². The van der Waals surface area contributed by atoms with Crippen molar-refractivity contribution in [2.24, 2.45) is 0 Å². The third kappa shape index (κ3) is 4.77. The predicted molar refractivity (Wildman–Crippen MR) is 96.5 cm³/mol. The normalized spacial score (nSPS) is 18.3. The van der Waals surface area contributed by atoms with Crippen molar-refractivity contribution >= 4 is 23.2 Å². The Morgan fingerprint density at radius 1 is 1.33 bits per heavy atom. The van der Waals surface area contributed by atoms with Gasteiger partial charge in [-0.05, 0) is 23.8 Å². The van der Waals surface area contributed by atoms with E-state index in [1.54, 1.807) is 12.4 Å². The quantitative estimate of drug-likeness (QED) is 0.829. The minimum Gasteiger partial charge on any atom is -0.323 e. The molecule has 5 nitrogen and oxygen atoms in total. The number of aromatic nitrogens is 1. The van der Waals surface area contributed by atoms with Crippen molar-refractivity contribution in [3.8, 4) is 0 Å². The lowest BCUT2D eigenvalue weighted by molar-refractivity contribution is -0.137. The largest absolute Gasteiger partial charge is 0.418 e. The number of amides is 1. The Balaban J connectivity index is 1.76. The van der Waals surface area contributed by atoms with E-state index in [4.69, 9.17) is 11.6 Å². The van der Waals surface area contributed by atoms with Gasteiger partial charge in [-0.25, -0.2) is 0 Å². The van der Waals surface area contributed by atoms with E-state index in [0.29, 0.717) is 19.6 Å². The minimum absolute atomic E-state index is 0.0518. The third-order valence-electron chi connectivity index (χ3n) is 4.35. The van der Waals surface area contributed by atoms with Crippen LogP contribution in [0.2, 0.25) is 5.02 Å². The number of rotatable bonds is 4. The van der Waals surface area contributed by atoms with Crippen molar-refractivity contribution in [3.05, 3.63) is 58.9 Å². The van der Waals surface area contributed by atoms with Gasteiger partial charge in [0.05, 0.1) is 22.8 Å². The summed E-state index contributed by atoms with van der Waals surface area (Å²) in [6.45, 7) is 1.84. The number of hydrogen-bond acceptors (Lipinski definition) is 4. The van der Waals surface area contributed by atoms with Gasteiger partial charge in [-0.2, -0.15) is 13.2 Å². The highest BCUT2D eigenvalue weighted by molar-refractivity contribution is 6.34. The average Bonchev–Trinajstić information content (AvgIpc) is 2.63. The summed E-state index contributed by atoms with van der Waals surface area (Å²) in [7, 11) is 0. The summed E-state index contributed by atoms with van der Waals surface area (Å²) in [5, 5.41) is 5.44. The average molecular weight is 399 g/mol. The van der Waals surface area contributed by atoms with Gasteiger partial charge in [0.25, 0.3) is 0 Å². The molecule has 1 aliphatic rings. The Kier molecular flexibility index (Phi) is 5.98. The summed E-state index contributed by atoms with van der Waals surface area (Å²) in [4.78, 5) is 18.5. The number of piperazine rings is 1. The van der Waals surface area contributed by atoms with Crippen LogP contribution in [0.4, 0.5) is 18.9 Å². The number of hydrogen-bond donors (Lipinski definition) is 2. The second-order valence-electron chi connectivity index (χ2n) is 6.19. The van der Waals surface area contributed by atoms with Crippen LogP contribution in [0.5, 0.6) is 0 Å². The molecule has 0 bridgehead atoms. The van der Waals surface area contributed by atoms with Crippen molar-refractivity contribution in [1.82, 2.24) is 15.2 Å². The van der Waals surface area contributed by atoms with Crippen LogP contribution < -0.4 is 10.6 Å². The number of alkyl halides is 3. The molecule has 2 N–H and O–H groups in total. The fourth-order valence-electron chi connectivity index (χ4n) is 3.09. The monoisotopic (exact) mass is 398 g/mol. The smallest absolute Gasteiger partial charge is 0.323 e. The topological polar surface area (TPSA) is 57.3 Å². The van der Waals surface area contributed by atoms with Gasteiger partial charge in [0, 0.05) is 38.1 Å². The van der Waals surface area contributed by atoms with Crippen LogP contribution in [-0.2, 0) is 11.0 Å². The number of nitrogens with one attached hydrogen (secondary N) is 2. The fraction of sp³-hybridized carbons (Fsp3) is 0.333. The molecule has 144 valence electrons. The molecule has 9 heteroatoms. The predicted octanol–water partition coefficient (Wildman–Crippen LogP) is 3.34. The lowest BCUT2D eigenvalue weighted by Gasteiger charge is -2.35. The van der Waals surface area contributed by atoms with Gasteiger partial charge in [-0.3, -0.25) is 14.7 Å². The van der Waals surface area contributed by atoms with E-state index < -0.39 is 23.3 Å². The summed E-state index contributed by atoms with van der Waals surface area (Å²) >= 11 is 5.90.